The van der Waals surface area contributed by atoms with Crippen LogP contribution < -0.4 is 0 Å². The van der Waals surface area contributed by atoms with E-state index >= 15 is 0 Å². The van der Waals surface area contributed by atoms with Gasteiger partial charge in [0.2, 0.25) is 5.79 Å². The van der Waals surface area contributed by atoms with E-state index in [1.54, 1.807) is 0 Å². The van der Waals surface area contributed by atoms with Gasteiger partial charge >= 0.3 is 11.9 Å². The van der Waals surface area contributed by atoms with E-state index in [0.717, 1.165) is 19.3 Å². The average molecular weight is 312 g/mol. The Bertz CT molecular complexity index is 401. The van der Waals surface area contributed by atoms with Crippen LogP contribution in [0.25, 0.3) is 0 Å². The Kier molecular flexibility index (Phi) is 10.3. The van der Waals surface area contributed by atoms with Crippen LogP contribution in [0.5, 0.6) is 0 Å². The monoisotopic (exact) mass is 312 g/mol. The zero-order chi connectivity index (χ0) is 17.0. The minimum Gasteiger partial charge on any atom is -0.461 e. The summed E-state index contributed by atoms with van der Waals surface area (Å²) >= 11 is 0. The highest BCUT2D eigenvalue weighted by atomic mass is 16.7. The van der Waals surface area contributed by atoms with Crippen molar-refractivity contribution in [2.45, 2.75) is 65.6 Å². The van der Waals surface area contributed by atoms with Crippen LogP contribution in [0.1, 0.15) is 59.8 Å². The van der Waals surface area contributed by atoms with E-state index in [-0.39, 0.29) is 12.2 Å². The molecule has 0 aromatic carbocycles. The number of carbonyl (C=O) groups excluding carboxylic acids is 2. The predicted molar refractivity (Wildman–Crippen MR) is 84.2 cm³/mol. The summed E-state index contributed by atoms with van der Waals surface area (Å²) in [4.78, 5) is 24.1. The molecule has 0 amide bonds. The SMILES string of the molecule is C=C=C(C(=O)OCCCC)C(=O)OC(CC)(CCC)OCC. The quantitative estimate of drug-likeness (QED) is 0.111. The smallest absolute Gasteiger partial charge is 0.356 e. The van der Waals surface area contributed by atoms with Crippen molar-refractivity contribution in [2.24, 2.45) is 0 Å². The summed E-state index contributed by atoms with van der Waals surface area (Å²) in [7, 11) is 0. The molecule has 126 valence electrons. The van der Waals surface area contributed by atoms with E-state index in [4.69, 9.17) is 14.2 Å². The van der Waals surface area contributed by atoms with Crippen LogP contribution in [-0.2, 0) is 23.8 Å². The van der Waals surface area contributed by atoms with Crippen molar-refractivity contribution >= 4 is 11.9 Å². The van der Waals surface area contributed by atoms with E-state index in [2.05, 4.69) is 12.3 Å². The van der Waals surface area contributed by atoms with Crippen molar-refractivity contribution in [1.82, 2.24) is 0 Å². The zero-order valence-electron chi connectivity index (χ0n) is 14.2. The summed E-state index contributed by atoms with van der Waals surface area (Å²) in [5, 5.41) is 0. The molecule has 22 heavy (non-hydrogen) atoms. The van der Waals surface area contributed by atoms with Gasteiger partial charge in [-0.15, -0.1) is 5.73 Å². The van der Waals surface area contributed by atoms with Gasteiger partial charge in [0.1, 0.15) is 0 Å². The third-order valence-electron chi connectivity index (χ3n) is 3.17. The fourth-order valence-corrected chi connectivity index (χ4v) is 1.98. The van der Waals surface area contributed by atoms with Crippen molar-refractivity contribution in [2.75, 3.05) is 13.2 Å². The summed E-state index contributed by atoms with van der Waals surface area (Å²) in [6, 6.07) is 0. The van der Waals surface area contributed by atoms with Gasteiger partial charge in [0.25, 0.3) is 0 Å². The Labute approximate surface area is 133 Å². The third-order valence-corrected chi connectivity index (χ3v) is 3.17. The van der Waals surface area contributed by atoms with Gasteiger partial charge in [-0.05, 0) is 19.8 Å². The predicted octanol–water partition coefficient (Wildman–Crippen LogP) is 3.53. The number of unbranched alkanes of at least 4 members (excludes halogenated alkanes) is 1. The standard InChI is InChI=1S/C17H28O5/c1-6-11-13-20-15(18)14(8-3)16(19)22-17(9-4,12-7-2)21-10-5/h3,6-7,9-13H2,1-2,4-5H3. The van der Waals surface area contributed by atoms with E-state index < -0.39 is 17.7 Å². The molecule has 0 radical (unpaired) electrons. The van der Waals surface area contributed by atoms with Gasteiger partial charge in [0.05, 0.1) is 6.61 Å². The topological polar surface area (TPSA) is 61.8 Å². The molecule has 0 bridgehead atoms. The molecule has 0 saturated carbocycles. The fraction of sp³-hybridized carbons (Fsp3) is 0.706. The Morgan fingerprint density at radius 2 is 1.77 bits per heavy atom. The number of rotatable bonds is 11. The van der Waals surface area contributed by atoms with E-state index in [1.807, 2.05) is 27.7 Å². The number of hydrogen-bond donors (Lipinski definition) is 0. The van der Waals surface area contributed by atoms with Crippen molar-refractivity contribution in [3.63, 3.8) is 0 Å². The lowest BCUT2D eigenvalue weighted by molar-refractivity contribution is -0.232. The highest BCUT2D eigenvalue weighted by molar-refractivity contribution is 6.13. The first-order valence-electron chi connectivity index (χ1n) is 7.94. The summed E-state index contributed by atoms with van der Waals surface area (Å²) < 4.78 is 16.1. The van der Waals surface area contributed by atoms with Crippen LogP contribution in [0.15, 0.2) is 17.9 Å². The number of carbonyl (C=O) groups is 2. The first-order valence-corrected chi connectivity index (χ1v) is 7.94. The van der Waals surface area contributed by atoms with Gasteiger partial charge < -0.3 is 14.2 Å². The molecule has 0 aromatic heterocycles. The summed E-state index contributed by atoms with van der Waals surface area (Å²) in [5.74, 6) is -2.58. The number of ether oxygens (including phenoxy) is 3. The Morgan fingerprint density at radius 1 is 1.09 bits per heavy atom. The van der Waals surface area contributed by atoms with E-state index in [1.165, 1.54) is 0 Å². The van der Waals surface area contributed by atoms with Gasteiger partial charge in [-0.3, -0.25) is 0 Å². The minimum absolute atomic E-state index is 0.257. The summed E-state index contributed by atoms with van der Waals surface area (Å²) in [6.07, 6.45) is 3.47. The lowest BCUT2D eigenvalue weighted by Crippen LogP contribution is -2.39. The maximum atomic E-state index is 12.2. The second-order valence-electron chi connectivity index (χ2n) is 4.88. The van der Waals surface area contributed by atoms with Crippen molar-refractivity contribution in [1.29, 1.82) is 0 Å². The zero-order valence-corrected chi connectivity index (χ0v) is 14.2. The molecule has 0 spiro atoms. The minimum atomic E-state index is -1.02. The van der Waals surface area contributed by atoms with Crippen molar-refractivity contribution in [3.05, 3.63) is 17.9 Å². The molecule has 0 heterocycles. The Balaban J connectivity index is 4.95. The summed E-state index contributed by atoms with van der Waals surface area (Å²) in [6.45, 7) is 11.7. The van der Waals surface area contributed by atoms with Crippen LogP contribution in [0, 0.1) is 0 Å². The lowest BCUT2D eigenvalue weighted by Gasteiger charge is -2.31. The number of hydrogen-bond acceptors (Lipinski definition) is 5. The highest BCUT2D eigenvalue weighted by Gasteiger charge is 2.35. The average Bonchev–Trinajstić information content (AvgIpc) is 2.48. The normalized spacial score (nSPS) is 12.9. The highest BCUT2D eigenvalue weighted by Crippen LogP contribution is 2.25. The van der Waals surface area contributed by atoms with Crippen LogP contribution in [0.4, 0.5) is 0 Å². The molecule has 0 aliphatic heterocycles. The molecule has 0 saturated heterocycles. The maximum absolute atomic E-state index is 12.2. The molecule has 0 aliphatic rings. The van der Waals surface area contributed by atoms with E-state index in [9.17, 15) is 9.59 Å². The molecular weight excluding hydrogens is 284 g/mol. The van der Waals surface area contributed by atoms with Crippen LogP contribution in [0.2, 0.25) is 0 Å². The van der Waals surface area contributed by atoms with Crippen LogP contribution >= 0.6 is 0 Å². The molecule has 1 unspecified atom stereocenters. The van der Waals surface area contributed by atoms with Gasteiger partial charge in [0.15, 0.2) is 5.57 Å². The van der Waals surface area contributed by atoms with Gasteiger partial charge in [-0.25, -0.2) is 9.59 Å². The molecule has 5 nitrogen and oxygen atoms in total. The molecule has 1 atom stereocenters. The molecule has 0 N–H and O–H groups in total. The van der Waals surface area contributed by atoms with Crippen LogP contribution in [-0.4, -0.2) is 30.9 Å². The molecule has 0 fully saturated rings. The fourth-order valence-electron chi connectivity index (χ4n) is 1.98. The molecule has 0 rings (SSSR count). The van der Waals surface area contributed by atoms with E-state index in [0.29, 0.717) is 19.4 Å². The van der Waals surface area contributed by atoms with Crippen LogP contribution in [0.3, 0.4) is 0 Å². The second-order valence-corrected chi connectivity index (χ2v) is 4.88. The molecule has 5 heteroatoms. The molecule has 0 aromatic rings. The van der Waals surface area contributed by atoms with Gasteiger partial charge in [-0.2, -0.15) is 0 Å². The molecular formula is C17H28O5. The first-order chi connectivity index (χ1) is 10.5. The van der Waals surface area contributed by atoms with Crippen molar-refractivity contribution in [3.8, 4) is 0 Å². The maximum Gasteiger partial charge on any atom is 0.356 e. The largest absolute Gasteiger partial charge is 0.461 e. The third kappa shape index (κ3) is 6.46. The molecule has 0 aliphatic carbocycles. The number of esters is 2. The van der Waals surface area contributed by atoms with Crippen molar-refractivity contribution < 1.29 is 23.8 Å². The lowest BCUT2D eigenvalue weighted by atomic mass is 10.1. The summed E-state index contributed by atoms with van der Waals surface area (Å²) in [5.41, 5.74) is 2.01. The van der Waals surface area contributed by atoms with Gasteiger partial charge in [-0.1, -0.05) is 33.8 Å². The second kappa shape index (κ2) is 11.0. The van der Waals surface area contributed by atoms with Gasteiger partial charge in [0, 0.05) is 19.4 Å². The Morgan fingerprint density at radius 3 is 2.23 bits per heavy atom. The Hall–Kier alpha value is -1.58. The first kappa shape index (κ1) is 20.4.